The van der Waals surface area contributed by atoms with Gasteiger partial charge in [-0.2, -0.15) is 0 Å². The van der Waals surface area contributed by atoms with E-state index in [4.69, 9.17) is 4.42 Å². The van der Waals surface area contributed by atoms with Crippen molar-refractivity contribution in [2.24, 2.45) is 0 Å². The minimum absolute atomic E-state index is 0.121. The number of hydrogen-bond acceptors (Lipinski definition) is 4. The molecule has 0 unspecified atom stereocenters. The Morgan fingerprint density at radius 2 is 1.70 bits per heavy atom. The Balaban J connectivity index is 2.24. The maximum Gasteiger partial charge on any atom is 0.289 e. The second kappa shape index (κ2) is 6.63. The zero-order valence-corrected chi connectivity index (χ0v) is 17.7. The second-order valence-electron chi connectivity index (χ2n) is 8.44. The summed E-state index contributed by atoms with van der Waals surface area (Å²) in [6, 6.07) is 1.90. The monoisotopic (exact) mass is 392 g/mol. The van der Waals surface area contributed by atoms with E-state index in [1.54, 1.807) is 32.6 Å². The molecule has 6 nitrogen and oxygen atoms in total. The van der Waals surface area contributed by atoms with Gasteiger partial charge >= 0.3 is 0 Å². The quantitative estimate of drug-likeness (QED) is 0.864. The van der Waals surface area contributed by atoms with Gasteiger partial charge in [0.1, 0.15) is 4.90 Å². The van der Waals surface area contributed by atoms with E-state index in [9.17, 15) is 13.2 Å². The van der Waals surface area contributed by atoms with Gasteiger partial charge in [-0.3, -0.25) is 4.79 Å². The molecule has 2 aromatic rings. The summed E-state index contributed by atoms with van der Waals surface area (Å²) in [5, 5.41) is 0.676. The molecule has 7 heteroatoms. The summed E-state index contributed by atoms with van der Waals surface area (Å²) in [5.74, 6) is 0.0766. The zero-order valence-electron chi connectivity index (χ0n) is 16.9. The van der Waals surface area contributed by atoms with Crippen molar-refractivity contribution in [1.29, 1.82) is 0 Å². The molecule has 0 bridgehead atoms. The molecule has 1 N–H and O–H groups in total. The van der Waals surface area contributed by atoms with Crippen molar-refractivity contribution in [3.63, 3.8) is 0 Å². The number of carbonyl (C=O) groups excluding carboxylic acids is 1. The molecule has 2 heterocycles. The first kappa shape index (κ1) is 19.9. The fourth-order valence-electron chi connectivity index (χ4n) is 3.59. The number of hydrogen-bond donors (Lipinski definition) is 1. The molecule has 3 rings (SSSR count). The number of rotatable bonds is 3. The van der Waals surface area contributed by atoms with Crippen LogP contribution in [0, 0.1) is 20.8 Å². The Labute approximate surface area is 161 Å². The zero-order chi connectivity index (χ0) is 20.1. The smallest absolute Gasteiger partial charge is 0.289 e. The van der Waals surface area contributed by atoms with Crippen LogP contribution in [0.5, 0.6) is 0 Å². The molecule has 0 radical (unpaired) electrons. The number of sulfonamides is 1. The molecule has 1 aromatic carbocycles. The summed E-state index contributed by atoms with van der Waals surface area (Å²) in [5.41, 5.74) is 1.80. The number of furan rings is 1. The van der Waals surface area contributed by atoms with Gasteiger partial charge in [-0.05, 0) is 71.6 Å². The molecule has 1 saturated heterocycles. The van der Waals surface area contributed by atoms with Crippen molar-refractivity contribution in [2.45, 2.75) is 64.8 Å². The van der Waals surface area contributed by atoms with Crippen molar-refractivity contribution in [2.75, 3.05) is 13.1 Å². The fraction of sp³-hybridized carbons (Fsp3) is 0.550. The molecule has 148 valence electrons. The summed E-state index contributed by atoms with van der Waals surface area (Å²) >= 11 is 0. The summed E-state index contributed by atoms with van der Waals surface area (Å²) in [6.07, 6.45) is 1.97. The Morgan fingerprint density at radius 3 is 2.26 bits per heavy atom. The highest BCUT2D eigenvalue weighted by molar-refractivity contribution is 7.89. The molecule has 1 fully saturated rings. The van der Waals surface area contributed by atoms with E-state index in [1.165, 1.54) is 0 Å². The summed E-state index contributed by atoms with van der Waals surface area (Å²) in [7, 11) is -3.81. The lowest BCUT2D eigenvalue weighted by atomic mass is 10.0. The van der Waals surface area contributed by atoms with Crippen LogP contribution < -0.4 is 4.72 Å². The average Bonchev–Trinajstić information content (AvgIpc) is 3.15. The van der Waals surface area contributed by atoms with Crippen LogP contribution in [0.25, 0.3) is 11.0 Å². The molecule has 1 aliphatic heterocycles. The Hall–Kier alpha value is -1.86. The number of amides is 1. The van der Waals surface area contributed by atoms with E-state index in [1.807, 2.05) is 19.9 Å². The van der Waals surface area contributed by atoms with Crippen LogP contribution >= 0.6 is 0 Å². The fourth-order valence-corrected chi connectivity index (χ4v) is 5.46. The number of carbonyl (C=O) groups is 1. The first-order valence-corrected chi connectivity index (χ1v) is 10.8. The number of aryl methyl sites for hydroxylation is 2. The highest BCUT2D eigenvalue weighted by Gasteiger charge is 2.32. The van der Waals surface area contributed by atoms with Crippen molar-refractivity contribution >= 4 is 26.9 Å². The maximum atomic E-state index is 13.1. The van der Waals surface area contributed by atoms with E-state index in [0.29, 0.717) is 29.6 Å². The predicted molar refractivity (Wildman–Crippen MR) is 106 cm³/mol. The molecule has 27 heavy (non-hydrogen) atoms. The molecule has 1 aromatic heterocycles. The minimum atomic E-state index is -3.81. The Kier molecular flexibility index (Phi) is 4.89. The van der Waals surface area contributed by atoms with E-state index >= 15 is 0 Å². The number of fused-ring (bicyclic) bond motifs is 1. The predicted octanol–water partition coefficient (Wildman–Crippen LogP) is 3.67. The van der Waals surface area contributed by atoms with Gasteiger partial charge in [0.2, 0.25) is 10.0 Å². The van der Waals surface area contributed by atoms with E-state index in [0.717, 1.165) is 18.4 Å². The molecule has 0 atom stereocenters. The summed E-state index contributed by atoms with van der Waals surface area (Å²) < 4.78 is 34.9. The first-order chi connectivity index (χ1) is 12.4. The molecule has 0 saturated carbocycles. The largest absolute Gasteiger partial charge is 0.449 e. The van der Waals surface area contributed by atoms with E-state index < -0.39 is 15.6 Å². The van der Waals surface area contributed by atoms with Crippen molar-refractivity contribution in [1.82, 2.24) is 9.62 Å². The van der Waals surface area contributed by atoms with Gasteiger partial charge in [0.05, 0.1) is 0 Å². The van der Waals surface area contributed by atoms with Gasteiger partial charge in [-0.25, -0.2) is 13.1 Å². The number of nitrogens with one attached hydrogen (secondary N) is 1. The molecule has 0 spiro atoms. The standard InChI is InChI=1S/C20H28N2O4S/c1-12-11-15-14(3)16(19(23)22-9-7-8-10-22)26-17(15)18(13(12)2)27(24,25)21-20(4,5)6/h11,21H,7-10H2,1-6H3. The maximum absolute atomic E-state index is 13.1. The van der Waals surface area contributed by atoms with Crippen LogP contribution in [0.3, 0.4) is 0 Å². The van der Waals surface area contributed by atoms with Gasteiger partial charge in [0, 0.05) is 29.6 Å². The molecule has 1 amide bonds. The normalized spacial score (nSPS) is 15.7. The van der Waals surface area contributed by atoms with Gasteiger partial charge in [0.25, 0.3) is 5.91 Å². The molecular weight excluding hydrogens is 364 g/mol. The lowest BCUT2D eigenvalue weighted by Crippen LogP contribution is -2.40. The van der Waals surface area contributed by atoms with Gasteiger partial charge in [-0.1, -0.05) is 0 Å². The van der Waals surface area contributed by atoms with Crippen molar-refractivity contribution < 1.29 is 17.6 Å². The molecule has 0 aliphatic carbocycles. The van der Waals surface area contributed by atoms with Gasteiger partial charge < -0.3 is 9.32 Å². The summed E-state index contributed by atoms with van der Waals surface area (Å²) in [4.78, 5) is 14.8. The minimum Gasteiger partial charge on any atom is -0.449 e. The van der Waals surface area contributed by atoms with Gasteiger partial charge in [0.15, 0.2) is 11.3 Å². The summed E-state index contributed by atoms with van der Waals surface area (Å²) in [6.45, 7) is 12.3. The highest BCUT2D eigenvalue weighted by Crippen LogP contribution is 2.35. The lowest BCUT2D eigenvalue weighted by molar-refractivity contribution is 0.0762. The average molecular weight is 393 g/mol. The van der Waals surface area contributed by atoms with Crippen LogP contribution in [0.2, 0.25) is 0 Å². The first-order valence-electron chi connectivity index (χ1n) is 9.29. The van der Waals surface area contributed by atoms with Crippen LogP contribution in [0.4, 0.5) is 0 Å². The highest BCUT2D eigenvalue weighted by atomic mass is 32.2. The number of benzene rings is 1. The number of likely N-dealkylation sites (tertiary alicyclic amines) is 1. The Morgan fingerprint density at radius 1 is 1.11 bits per heavy atom. The topological polar surface area (TPSA) is 79.6 Å². The molecular formula is C20H28N2O4S. The Bertz CT molecular complexity index is 1010. The van der Waals surface area contributed by atoms with Crippen LogP contribution in [-0.4, -0.2) is 37.9 Å². The third-order valence-electron chi connectivity index (χ3n) is 4.99. The van der Waals surface area contributed by atoms with E-state index in [-0.39, 0.29) is 22.1 Å². The number of nitrogens with zero attached hydrogens (tertiary/aromatic N) is 1. The third-order valence-corrected chi connectivity index (χ3v) is 6.90. The molecule has 1 aliphatic rings. The van der Waals surface area contributed by atoms with Crippen molar-refractivity contribution in [3.05, 3.63) is 28.5 Å². The van der Waals surface area contributed by atoms with Crippen molar-refractivity contribution in [3.8, 4) is 0 Å². The SMILES string of the molecule is Cc1cc2c(C)c(C(=O)N3CCCC3)oc2c(S(=O)(=O)NC(C)(C)C)c1C. The van der Waals surface area contributed by atoms with E-state index in [2.05, 4.69) is 4.72 Å². The van der Waals surface area contributed by atoms with Crippen LogP contribution in [0.1, 0.15) is 60.9 Å². The third kappa shape index (κ3) is 3.62. The van der Waals surface area contributed by atoms with Crippen LogP contribution in [0.15, 0.2) is 15.4 Å². The van der Waals surface area contributed by atoms with Gasteiger partial charge in [-0.15, -0.1) is 0 Å². The lowest BCUT2D eigenvalue weighted by Gasteiger charge is -2.21. The second-order valence-corrected chi connectivity index (χ2v) is 10.1. The van der Waals surface area contributed by atoms with Crippen LogP contribution in [-0.2, 0) is 10.0 Å².